The number of thiophene rings is 1. The highest BCUT2D eigenvalue weighted by Gasteiger charge is 2.40. The first-order valence-electron chi connectivity index (χ1n) is 18.0. The van der Waals surface area contributed by atoms with Gasteiger partial charge in [-0.25, -0.2) is 0 Å². The first-order chi connectivity index (χ1) is 26.0. The van der Waals surface area contributed by atoms with Crippen LogP contribution in [0.3, 0.4) is 0 Å². The molecule has 0 bridgehead atoms. The molecule has 2 unspecified atom stereocenters. The van der Waals surface area contributed by atoms with Gasteiger partial charge in [-0.1, -0.05) is 29.8 Å². The molecule has 3 atom stereocenters. The molecule has 0 radical (unpaired) electrons. The number of piperidine rings is 1. The summed E-state index contributed by atoms with van der Waals surface area (Å²) in [5.41, 5.74) is 5.76. The topological polar surface area (TPSA) is 183 Å². The van der Waals surface area contributed by atoms with E-state index in [1.807, 2.05) is 41.8 Å². The number of amides is 4. The molecule has 2 aromatic carbocycles. The summed E-state index contributed by atoms with van der Waals surface area (Å²) in [5, 5.41) is 32.4. The summed E-state index contributed by atoms with van der Waals surface area (Å²) >= 11 is 7.87. The molecule has 7 rings (SSSR count). The predicted molar refractivity (Wildman–Crippen MR) is 205 cm³/mol. The summed E-state index contributed by atoms with van der Waals surface area (Å²) in [4.78, 5) is 58.6. The van der Waals surface area contributed by atoms with E-state index < -0.39 is 18.3 Å². The highest BCUT2D eigenvalue weighted by Crippen LogP contribution is 2.40. The monoisotopic (exact) mass is 771 g/mol. The summed E-state index contributed by atoms with van der Waals surface area (Å²) in [5.74, 6) is 0.529. The average Bonchev–Trinajstić information content (AvgIpc) is 3.76. The van der Waals surface area contributed by atoms with Crippen molar-refractivity contribution in [1.82, 2.24) is 35.6 Å². The normalized spacial score (nSPS) is 18.9. The number of nitrogens with one attached hydrogen (secondary N) is 4. The summed E-state index contributed by atoms with van der Waals surface area (Å²) in [7, 11) is 0. The van der Waals surface area contributed by atoms with E-state index in [9.17, 15) is 24.3 Å². The van der Waals surface area contributed by atoms with Crippen molar-refractivity contribution in [2.45, 2.75) is 77.7 Å². The van der Waals surface area contributed by atoms with Crippen molar-refractivity contribution in [2.75, 3.05) is 25.0 Å². The SMILES string of the molecule is Cc1sc2c(c1C)C(c1ccc(Cl)cc1)=N[C@@H](CC(=O)NCCCCNC(=O)CNc1cccc3c1CN(C1CCC(=O)NC1O)C3=O)c1nnc(C)n1-2. The van der Waals surface area contributed by atoms with E-state index >= 15 is 0 Å². The smallest absolute Gasteiger partial charge is 0.254 e. The fourth-order valence-corrected chi connectivity index (χ4v) is 8.55. The fourth-order valence-electron chi connectivity index (χ4n) is 7.21. The molecule has 1 fully saturated rings. The summed E-state index contributed by atoms with van der Waals surface area (Å²) < 4.78 is 2.02. The number of aliphatic hydroxyl groups excluding tert-OH is 1. The maximum Gasteiger partial charge on any atom is 0.254 e. The molecule has 4 amide bonds. The van der Waals surface area contributed by atoms with Gasteiger partial charge in [0.25, 0.3) is 5.91 Å². The molecule has 282 valence electrons. The second-order valence-electron chi connectivity index (χ2n) is 13.8. The lowest BCUT2D eigenvalue weighted by Crippen LogP contribution is -2.55. The number of hydrogen-bond donors (Lipinski definition) is 5. The zero-order valence-electron chi connectivity index (χ0n) is 30.2. The first kappa shape index (κ1) is 37.2. The second kappa shape index (κ2) is 15.7. The number of anilines is 1. The number of aliphatic imine (C=N–C) groups is 1. The molecule has 3 aliphatic heterocycles. The molecule has 0 aliphatic carbocycles. The fraction of sp³-hybridized carbons (Fsp3) is 0.395. The number of aliphatic hydroxyl groups is 1. The molecule has 4 aromatic rings. The molecule has 3 aliphatic rings. The van der Waals surface area contributed by atoms with Crippen LogP contribution in [0.4, 0.5) is 5.69 Å². The van der Waals surface area contributed by atoms with E-state index in [0.717, 1.165) is 38.8 Å². The van der Waals surface area contributed by atoms with E-state index in [4.69, 9.17) is 16.6 Å². The Morgan fingerprint density at radius 3 is 2.50 bits per heavy atom. The third-order valence-electron chi connectivity index (χ3n) is 10.2. The van der Waals surface area contributed by atoms with Crippen molar-refractivity contribution in [3.05, 3.63) is 91.8 Å². The van der Waals surface area contributed by atoms with E-state index in [1.165, 1.54) is 4.88 Å². The van der Waals surface area contributed by atoms with Crippen molar-refractivity contribution in [3.8, 4) is 5.00 Å². The van der Waals surface area contributed by atoms with Crippen LogP contribution in [0.25, 0.3) is 5.00 Å². The number of aromatic nitrogens is 3. The molecule has 16 heteroatoms. The number of nitrogens with zero attached hydrogens (tertiary/aromatic N) is 5. The number of halogens is 1. The van der Waals surface area contributed by atoms with Crippen molar-refractivity contribution in [3.63, 3.8) is 0 Å². The molecule has 54 heavy (non-hydrogen) atoms. The van der Waals surface area contributed by atoms with Gasteiger partial charge in [-0.05, 0) is 69.9 Å². The lowest BCUT2D eigenvalue weighted by atomic mass is 9.99. The van der Waals surface area contributed by atoms with Gasteiger partial charge in [0.15, 0.2) is 5.82 Å². The number of carbonyl (C=O) groups excluding carboxylic acids is 4. The van der Waals surface area contributed by atoms with E-state index in [1.54, 1.807) is 28.4 Å². The molecule has 1 saturated heterocycles. The van der Waals surface area contributed by atoms with Crippen LogP contribution in [0.15, 0.2) is 47.5 Å². The zero-order chi connectivity index (χ0) is 38.1. The van der Waals surface area contributed by atoms with Gasteiger partial charge in [0.05, 0.1) is 24.7 Å². The van der Waals surface area contributed by atoms with E-state index in [2.05, 4.69) is 45.3 Å². The number of rotatable bonds is 12. The minimum absolute atomic E-state index is 0.0131. The van der Waals surface area contributed by atoms with Crippen LogP contribution in [0.1, 0.15) is 87.3 Å². The van der Waals surface area contributed by atoms with Gasteiger partial charge in [-0.3, -0.25) is 28.7 Å². The van der Waals surface area contributed by atoms with Gasteiger partial charge in [-0.15, -0.1) is 21.5 Å². The number of hydrogen-bond acceptors (Lipinski definition) is 10. The average molecular weight is 772 g/mol. The van der Waals surface area contributed by atoms with Crippen LogP contribution in [0.2, 0.25) is 5.02 Å². The Labute approximate surface area is 321 Å². The van der Waals surface area contributed by atoms with Crippen molar-refractivity contribution < 1.29 is 24.3 Å². The maximum absolute atomic E-state index is 13.3. The zero-order valence-corrected chi connectivity index (χ0v) is 31.8. The first-order valence-corrected chi connectivity index (χ1v) is 19.2. The van der Waals surface area contributed by atoms with Crippen molar-refractivity contribution in [1.29, 1.82) is 0 Å². The quantitative estimate of drug-likeness (QED) is 0.135. The Balaban J connectivity index is 0.895. The van der Waals surface area contributed by atoms with Gasteiger partial charge < -0.3 is 31.3 Å². The predicted octanol–water partition coefficient (Wildman–Crippen LogP) is 3.87. The van der Waals surface area contributed by atoms with E-state index in [0.29, 0.717) is 54.4 Å². The Morgan fingerprint density at radius 2 is 1.76 bits per heavy atom. The molecule has 0 spiro atoms. The van der Waals surface area contributed by atoms with Gasteiger partial charge in [0, 0.05) is 63.9 Å². The Hall–Kier alpha value is -5.12. The maximum atomic E-state index is 13.3. The molecule has 5 N–H and O–H groups in total. The lowest BCUT2D eigenvalue weighted by molar-refractivity contribution is -0.129. The Morgan fingerprint density at radius 1 is 1.02 bits per heavy atom. The van der Waals surface area contributed by atoms with Gasteiger partial charge in [-0.2, -0.15) is 0 Å². The molecule has 5 heterocycles. The molecular weight excluding hydrogens is 730 g/mol. The number of aryl methyl sites for hydroxylation is 2. The van der Waals surface area contributed by atoms with Gasteiger partial charge >= 0.3 is 0 Å². The number of unbranched alkanes of at least 4 members (excludes halogenated alkanes) is 1. The second-order valence-corrected chi connectivity index (χ2v) is 15.4. The number of fused-ring (bicyclic) bond motifs is 4. The molecule has 14 nitrogen and oxygen atoms in total. The minimum atomic E-state index is -1.12. The lowest BCUT2D eigenvalue weighted by Gasteiger charge is -2.35. The van der Waals surface area contributed by atoms with Crippen LogP contribution in [0, 0.1) is 20.8 Å². The minimum Gasteiger partial charge on any atom is -0.376 e. The van der Waals surface area contributed by atoms with Gasteiger partial charge in [0.2, 0.25) is 17.7 Å². The molecular formula is C38H42ClN9O5S. The van der Waals surface area contributed by atoms with Crippen LogP contribution in [-0.4, -0.2) is 86.0 Å². The third kappa shape index (κ3) is 7.48. The highest BCUT2D eigenvalue weighted by atomic mass is 35.5. The molecule has 0 saturated carbocycles. The Bertz CT molecular complexity index is 2150. The van der Waals surface area contributed by atoms with Crippen LogP contribution in [0.5, 0.6) is 0 Å². The standard InChI is InChI=1S/C38H42ClN9O5S/c1-20-21(2)54-38-33(20)34(23-9-11-24(39)12-10-23)43-28(35-46-45-22(3)48(35)38)17-31(50)40-15-4-5-16-41-32(51)18-42-27-8-6-7-25-26(27)19-47(37(25)53)29-13-14-30(49)44-36(29)52/h6-12,28-29,36,42,52H,4-5,13-19H2,1-3H3,(H,40,50)(H,41,51)(H,44,49)/t28-,29?,36?/m0/s1. The number of carbonyl (C=O) groups is 4. The van der Waals surface area contributed by atoms with Crippen LogP contribution >= 0.6 is 22.9 Å². The van der Waals surface area contributed by atoms with Crippen molar-refractivity contribution in [2.24, 2.45) is 4.99 Å². The highest BCUT2D eigenvalue weighted by molar-refractivity contribution is 7.15. The largest absolute Gasteiger partial charge is 0.376 e. The molecule has 2 aromatic heterocycles. The van der Waals surface area contributed by atoms with Crippen LogP contribution < -0.4 is 21.3 Å². The van der Waals surface area contributed by atoms with Crippen molar-refractivity contribution >= 4 is 58.0 Å². The summed E-state index contributed by atoms with van der Waals surface area (Å²) in [6, 6.07) is 11.8. The van der Waals surface area contributed by atoms with Gasteiger partial charge in [0.1, 0.15) is 23.1 Å². The summed E-state index contributed by atoms with van der Waals surface area (Å²) in [6.45, 7) is 7.23. The third-order valence-corrected chi connectivity index (χ3v) is 11.6. The number of benzene rings is 2. The van der Waals surface area contributed by atoms with E-state index in [-0.39, 0.29) is 49.6 Å². The summed E-state index contributed by atoms with van der Waals surface area (Å²) in [6.07, 6.45) is 0.901. The van der Waals surface area contributed by atoms with Crippen LogP contribution in [-0.2, 0) is 20.9 Å². The Kier molecular flexibility index (Phi) is 10.8.